The maximum atomic E-state index is 14.0. The Morgan fingerprint density at radius 1 is 0.944 bits per heavy atom. The van der Waals surface area contributed by atoms with Crippen LogP contribution in [0, 0.1) is 11.6 Å². The fourth-order valence-corrected chi connectivity index (χ4v) is 3.73. The van der Waals surface area contributed by atoms with E-state index in [4.69, 9.17) is 4.74 Å². The number of aromatic nitrogens is 2. The molecular weight excluding hydrogens is 464 g/mol. The van der Waals surface area contributed by atoms with E-state index in [0.29, 0.717) is 40.2 Å². The Morgan fingerprint density at radius 3 is 2.36 bits per heavy atom. The molecule has 0 bridgehead atoms. The van der Waals surface area contributed by atoms with Gasteiger partial charge in [0.25, 0.3) is 0 Å². The number of rotatable bonds is 9. The van der Waals surface area contributed by atoms with Crippen molar-refractivity contribution in [3.8, 4) is 16.9 Å². The van der Waals surface area contributed by atoms with Gasteiger partial charge in [0.1, 0.15) is 11.6 Å². The lowest BCUT2D eigenvalue weighted by Crippen LogP contribution is -2.23. The molecule has 4 rings (SSSR count). The number of ether oxygens (including phenoxy) is 1. The third kappa shape index (κ3) is 6.21. The molecule has 0 aliphatic carbocycles. The molecule has 0 unspecified atom stereocenters. The number of hydrogen-bond acceptors (Lipinski definition) is 4. The molecule has 0 atom stereocenters. The normalized spacial score (nSPS) is 10.8. The van der Waals surface area contributed by atoms with E-state index in [1.807, 2.05) is 6.07 Å². The average molecular weight is 490 g/mol. The van der Waals surface area contributed by atoms with Gasteiger partial charge < -0.3 is 10.1 Å². The highest BCUT2D eigenvalue weighted by Crippen LogP contribution is 2.25. The summed E-state index contributed by atoms with van der Waals surface area (Å²) in [7, 11) is 0. The van der Waals surface area contributed by atoms with Gasteiger partial charge in [0.05, 0.1) is 29.2 Å². The number of nitrogens with zero attached hydrogens (tertiary/aromatic N) is 2. The first-order valence-electron chi connectivity index (χ1n) is 11.6. The van der Waals surface area contributed by atoms with Crippen LogP contribution in [0.2, 0.25) is 0 Å². The maximum absolute atomic E-state index is 14.0. The van der Waals surface area contributed by atoms with Crippen LogP contribution in [0.1, 0.15) is 35.0 Å². The lowest BCUT2D eigenvalue weighted by molar-refractivity contribution is -0.121. The largest absolute Gasteiger partial charge is 0.462 e. The van der Waals surface area contributed by atoms with Gasteiger partial charge in [0, 0.05) is 24.9 Å². The van der Waals surface area contributed by atoms with E-state index in [0.717, 1.165) is 0 Å². The van der Waals surface area contributed by atoms with Crippen molar-refractivity contribution >= 4 is 11.9 Å². The van der Waals surface area contributed by atoms with Crippen molar-refractivity contribution < 1.29 is 23.1 Å². The van der Waals surface area contributed by atoms with Crippen molar-refractivity contribution in [2.24, 2.45) is 0 Å². The van der Waals surface area contributed by atoms with Crippen LogP contribution in [0.3, 0.4) is 0 Å². The second kappa shape index (κ2) is 11.4. The van der Waals surface area contributed by atoms with Gasteiger partial charge in [-0.2, -0.15) is 5.10 Å². The minimum absolute atomic E-state index is 0.177. The highest BCUT2D eigenvalue weighted by molar-refractivity contribution is 5.89. The maximum Gasteiger partial charge on any atom is 0.338 e. The number of hydrogen-bond donors (Lipinski definition) is 1. The first-order valence-corrected chi connectivity index (χ1v) is 11.6. The van der Waals surface area contributed by atoms with E-state index >= 15 is 0 Å². The molecule has 1 N–H and O–H groups in total. The summed E-state index contributed by atoms with van der Waals surface area (Å²) in [5, 5.41) is 7.43. The quantitative estimate of drug-likeness (QED) is 0.326. The Hall–Kier alpha value is -4.33. The number of nitrogens with one attached hydrogen (secondary N) is 1. The molecule has 0 aliphatic heterocycles. The molecule has 1 amide bonds. The third-order valence-electron chi connectivity index (χ3n) is 5.49. The molecule has 0 saturated carbocycles. The van der Waals surface area contributed by atoms with Gasteiger partial charge in [0.2, 0.25) is 5.91 Å². The fourth-order valence-electron chi connectivity index (χ4n) is 3.73. The summed E-state index contributed by atoms with van der Waals surface area (Å²) < 4.78 is 34.0. The summed E-state index contributed by atoms with van der Waals surface area (Å²) in [6.45, 7) is 2.25. The van der Waals surface area contributed by atoms with Gasteiger partial charge in [-0.05, 0) is 67.1 Å². The second-order valence-corrected chi connectivity index (χ2v) is 8.12. The van der Waals surface area contributed by atoms with E-state index in [1.54, 1.807) is 60.1 Å². The molecule has 4 aromatic rings. The van der Waals surface area contributed by atoms with Gasteiger partial charge in [-0.1, -0.05) is 24.3 Å². The second-order valence-electron chi connectivity index (χ2n) is 8.12. The van der Waals surface area contributed by atoms with Crippen molar-refractivity contribution in [1.82, 2.24) is 15.1 Å². The van der Waals surface area contributed by atoms with Crippen LogP contribution in [0.25, 0.3) is 16.9 Å². The molecule has 0 saturated heterocycles. The predicted molar refractivity (Wildman–Crippen MR) is 131 cm³/mol. The first kappa shape index (κ1) is 24.8. The van der Waals surface area contributed by atoms with Crippen molar-refractivity contribution in [3.05, 3.63) is 107 Å². The van der Waals surface area contributed by atoms with Crippen molar-refractivity contribution in [2.45, 2.75) is 26.3 Å². The Labute approximate surface area is 207 Å². The first-order chi connectivity index (χ1) is 17.4. The highest BCUT2D eigenvalue weighted by atomic mass is 19.1. The van der Waals surface area contributed by atoms with Gasteiger partial charge in [0.15, 0.2) is 0 Å². The van der Waals surface area contributed by atoms with E-state index in [1.165, 1.54) is 24.3 Å². The molecule has 0 aliphatic rings. The number of benzene rings is 3. The van der Waals surface area contributed by atoms with Crippen LogP contribution in [0.4, 0.5) is 8.78 Å². The average Bonchev–Trinajstić information content (AvgIpc) is 3.31. The number of carbonyl (C=O) groups is 2. The molecule has 6 nitrogen and oxygen atoms in total. The number of amides is 1. The molecule has 184 valence electrons. The molecule has 0 spiro atoms. The van der Waals surface area contributed by atoms with Crippen molar-refractivity contribution in [2.75, 3.05) is 6.61 Å². The minimum Gasteiger partial charge on any atom is -0.462 e. The molecule has 36 heavy (non-hydrogen) atoms. The zero-order valence-corrected chi connectivity index (χ0v) is 19.7. The van der Waals surface area contributed by atoms with Gasteiger partial charge in [-0.3, -0.25) is 4.79 Å². The molecular formula is C28H25F2N3O3. The van der Waals surface area contributed by atoms with Crippen LogP contribution in [-0.2, 0) is 22.5 Å². The standard InChI is InChI=1S/C28H25F2N3O3/c1-2-36-28(35)20-9-12-25(13-10-20)33-26(21-6-4-8-23(30)16-21)17-24(32-33)11-14-27(34)31-18-19-5-3-7-22(29)15-19/h3-10,12-13,15-17H,2,11,14,18H2,1H3,(H,31,34). The van der Waals surface area contributed by atoms with Crippen LogP contribution in [0.5, 0.6) is 0 Å². The lowest BCUT2D eigenvalue weighted by Gasteiger charge is -2.09. The van der Waals surface area contributed by atoms with Crippen LogP contribution in [0.15, 0.2) is 78.9 Å². The van der Waals surface area contributed by atoms with E-state index < -0.39 is 5.97 Å². The predicted octanol–water partition coefficient (Wildman–Crippen LogP) is 5.24. The number of halogens is 2. The molecule has 3 aromatic carbocycles. The summed E-state index contributed by atoms with van der Waals surface area (Å²) in [6.07, 6.45) is 0.530. The topological polar surface area (TPSA) is 73.2 Å². The number of esters is 1. The van der Waals surface area contributed by atoms with Crippen molar-refractivity contribution in [1.29, 1.82) is 0 Å². The Bertz CT molecular complexity index is 1370. The van der Waals surface area contributed by atoms with Crippen LogP contribution < -0.4 is 5.32 Å². The Kier molecular flexibility index (Phi) is 7.85. The lowest BCUT2D eigenvalue weighted by atomic mass is 10.1. The number of aryl methyl sites for hydroxylation is 1. The monoisotopic (exact) mass is 489 g/mol. The Balaban J connectivity index is 1.52. The van der Waals surface area contributed by atoms with E-state index in [9.17, 15) is 18.4 Å². The molecule has 0 fully saturated rings. The zero-order valence-electron chi connectivity index (χ0n) is 19.7. The van der Waals surface area contributed by atoms with Gasteiger partial charge >= 0.3 is 5.97 Å². The summed E-state index contributed by atoms with van der Waals surface area (Å²) in [5.41, 5.74) is 3.67. The fraction of sp³-hybridized carbons (Fsp3) is 0.179. The highest BCUT2D eigenvalue weighted by Gasteiger charge is 2.15. The zero-order chi connectivity index (χ0) is 25.5. The molecule has 8 heteroatoms. The van der Waals surface area contributed by atoms with Crippen molar-refractivity contribution in [3.63, 3.8) is 0 Å². The minimum atomic E-state index is -0.417. The summed E-state index contributed by atoms with van der Waals surface area (Å²) >= 11 is 0. The Morgan fingerprint density at radius 2 is 1.67 bits per heavy atom. The van der Waals surface area contributed by atoms with Gasteiger partial charge in [-0.15, -0.1) is 0 Å². The SMILES string of the molecule is CCOC(=O)c1ccc(-n2nc(CCC(=O)NCc3cccc(F)c3)cc2-c2cccc(F)c2)cc1. The summed E-state index contributed by atoms with van der Waals surface area (Å²) in [4.78, 5) is 24.4. The number of carbonyl (C=O) groups excluding carboxylic acids is 2. The van der Waals surface area contributed by atoms with Crippen LogP contribution in [-0.4, -0.2) is 28.3 Å². The van der Waals surface area contributed by atoms with E-state index in [2.05, 4.69) is 10.4 Å². The smallest absolute Gasteiger partial charge is 0.338 e. The van der Waals surface area contributed by atoms with Crippen LogP contribution >= 0.6 is 0 Å². The van der Waals surface area contributed by atoms with Gasteiger partial charge in [-0.25, -0.2) is 18.3 Å². The summed E-state index contributed by atoms with van der Waals surface area (Å²) in [5.74, 6) is -1.34. The molecule has 1 aromatic heterocycles. The molecule has 1 heterocycles. The molecule has 0 radical (unpaired) electrons. The van der Waals surface area contributed by atoms with E-state index in [-0.39, 0.29) is 37.1 Å². The third-order valence-corrected chi connectivity index (χ3v) is 5.49. The summed E-state index contributed by atoms with van der Waals surface area (Å²) in [6, 6.07) is 20.8.